The highest BCUT2D eigenvalue weighted by atomic mass is 32.1. The van der Waals surface area contributed by atoms with Crippen LogP contribution in [0.2, 0.25) is 0 Å². The van der Waals surface area contributed by atoms with Crippen LogP contribution in [0.3, 0.4) is 0 Å². The zero-order valence-corrected chi connectivity index (χ0v) is 8.56. The second kappa shape index (κ2) is 2.57. The number of nitrogens with two attached hydrogens (primary N) is 1. The van der Waals surface area contributed by atoms with Crippen molar-refractivity contribution in [3.05, 3.63) is 21.9 Å². The molecule has 1 heterocycles. The van der Waals surface area contributed by atoms with Crippen molar-refractivity contribution in [2.24, 2.45) is 11.1 Å². The fourth-order valence-electron chi connectivity index (χ4n) is 1.80. The van der Waals surface area contributed by atoms with Gasteiger partial charge < -0.3 is 5.73 Å². The molecule has 2 rings (SSSR count). The average Bonchev–Trinajstić information content (AvgIpc) is 2.55. The molecule has 1 aromatic rings. The molecule has 1 saturated carbocycles. The molecule has 2 atom stereocenters. The van der Waals surface area contributed by atoms with Crippen LogP contribution in [0.1, 0.15) is 30.2 Å². The highest BCUT2D eigenvalue weighted by Gasteiger charge is 2.56. The Kier molecular flexibility index (Phi) is 1.73. The molecule has 0 radical (unpaired) electrons. The lowest BCUT2D eigenvalue weighted by Gasteiger charge is -1.97. The quantitative estimate of drug-likeness (QED) is 0.740. The first kappa shape index (κ1) is 8.74. The normalized spacial score (nSPS) is 29.7. The van der Waals surface area contributed by atoms with Crippen molar-refractivity contribution < 1.29 is 0 Å². The van der Waals surface area contributed by atoms with Crippen molar-refractivity contribution >= 4 is 11.3 Å². The van der Waals surface area contributed by atoms with E-state index >= 15 is 0 Å². The minimum absolute atomic E-state index is 0.220. The van der Waals surface area contributed by atoms with Gasteiger partial charge in [-0.25, -0.2) is 0 Å². The highest BCUT2D eigenvalue weighted by molar-refractivity contribution is 7.10. The van der Waals surface area contributed by atoms with E-state index < -0.39 is 0 Å². The van der Waals surface area contributed by atoms with Gasteiger partial charge in [-0.15, -0.1) is 11.3 Å². The number of hydrogen-bond acceptors (Lipinski definition) is 3. The second-order valence-corrected chi connectivity index (χ2v) is 5.12. The smallest absolute Gasteiger partial charge is 0.100 e. The lowest BCUT2D eigenvalue weighted by molar-refractivity contribution is 0.601. The molecule has 2 nitrogen and oxygen atoms in total. The van der Waals surface area contributed by atoms with Crippen molar-refractivity contribution in [1.29, 1.82) is 5.26 Å². The van der Waals surface area contributed by atoms with E-state index in [1.165, 1.54) is 4.88 Å². The molecule has 0 aliphatic heterocycles. The van der Waals surface area contributed by atoms with E-state index in [2.05, 4.69) is 19.9 Å². The van der Waals surface area contributed by atoms with E-state index in [4.69, 9.17) is 11.0 Å². The Balaban J connectivity index is 2.26. The Hall–Kier alpha value is -0.850. The maximum atomic E-state index is 8.67. The first-order valence-electron chi connectivity index (χ1n) is 4.31. The average molecular weight is 192 g/mol. The fraction of sp³-hybridized carbons (Fsp3) is 0.500. The fourth-order valence-corrected chi connectivity index (χ4v) is 2.97. The summed E-state index contributed by atoms with van der Waals surface area (Å²) >= 11 is 1.65. The van der Waals surface area contributed by atoms with Crippen LogP contribution in [0.5, 0.6) is 0 Å². The van der Waals surface area contributed by atoms with Crippen LogP contribution >= 0.6 is 11.3 Å². The third-order valence-electron chi connectivity index (χ3n) is 2.97. The first-order chi connectivity index (χ1) is 6.07. The highest BCUT2D eigenvalue weighted by Crippen LogP contribution is 2.58. The minimum Gasteiger partial charge on any atom is -0.327 e. The van der Waals surface area contributed by atoms with Gasteiger partial charge in [-0.1, -0.05) is 13.8 Å². The van der Waals surface area contributed by atoms with Crippen LogP contribution in [-0.2, 0) is 0 Å². The number of thiophene rings is 1. The summed E-state index contributed by atoms with van der Waals surface area (Å²) in [4.78, 5) is 1.26. The lowest BCUT2D eigenvalue weighted by atomic mass is 10.1. The number of rotatable bonds is 1. The molecule has 1 fully saturated rings. The molecule has 0 spiro atoms. The van der Waals surface area contributed by atoms with Crippen LogP contribution in [-0.4, -0.2) is 6.04 Å². The lowest BCUT2D eigenvalue weighted by Crippen LogP contribution is -2.06. The van der Waals surface area contributed by atoms with Crippen LogP contribution < -0.4 is 5.73 Å². The molecule has 13 heavy (non-hydrogen) atoms. The largest absolute Gasteiger partial charge is 0.327 e. The minimum atomic E-state index is 0.220. The SMILES string of the molecule is CC1(C)[C@H](N)[C@H]1c1cc(C#N)cs1. The standard InChI is InChI=1S/C10H12N2S/c1-10(2)8(9(10)12)7-3-6(4-11)5-13-7/h3,5,8-9H,12H2,1-2H3/t8-,9-/m1/s1. The number of nitrogens with zero attached hydrogens (tertiary/aromatic N) is 1. The zero-order valence-electron chi connectivity index (χ0n) is 7.74. The van der Waals surface area contributed by atoms with Gasteiger partial charge in [0.15, 0.2) is 0 Å². The predicted octanol–water partition coefficient (Wildman–Crippen LogP) is 2.07. The molecule has 2 N–H and O–H groups in total. The molecule has 1 aliphatic rings. The summed E-state index contributed by atoms with van der Waals surface area (Å²) in [6, 6.07) is 4.37. The molecule has 3 heteroatoms. The topological polar surface area (TPSA) is 49.8 Å². The molecular weight excluding hydrogens is 180 g/mol. The summed E-state index contributed by atoms with van der Waals surface area (Å²) in [5.74, 6) is 0.458. The molecular formula is C10H12N2S. The molecule has 0 unspecified atom stereocenters. The van der Waals surface area contributed by atoms with Gasteiger partial charge in [0.25, 0.3) is 0 Å². The van der Waals surface area contributed by atoms with Gasteiger partial charge in [-0.3, -0.25) is 0 Å². The maximum absolute atomic E-state index is 8.67. The Morgan fingerprint density at radius 3 is 2.62 bits per heavy atom. The molecule has 0 saturated heterocycles. The third kappa shape index (κ3) is 1.18. The van der Waals surface area contributed by atoms with Gasteiger partial charge in [0.1, 0.15) is 6.07 Å². The monoisotopic (exact) mass is 192 g/mol. The van der Waals surface area contributed by atoms with Gasteiger partial charge in [0.2, 0.25) is 0 Å². The van der Waals surface area contributed by atoms with Gasteiger partial charge in [-0.2, -0.15) is 5.26 Å². The predicted molar refractivity (Wildman–Crippen MR) is 53.5 cm³/mol. The molecule has 1 aliphatic carbocycles. The Bertz CT molecular complexity index is 373. The summed E-state index contributed by atoms with van der Waals surface area (Å²) in [5, 5.41) is 10.6. The summed E-state index contributed by atoms with van der Waals surface area (Å²) in [6.07, 6.45) is 0. The van der Waals surface area contributed by atoms with Crippen molar-refractivity contribution in [3.63, 3.8) is 0 Å². The van der Waals surface area contributed by atoms with Crippen LogP contribution in [0, 0.1) is 16.7 Å². The Labute approximate surface area is 82.0 Å². The Morgan fingerprint density at radius 1 is 1.62 bits per heavy atom. The zero-order chi connectivity index (χ0) is 9.64. The van der Waals surface area contributed by atoms with Crippen molar-refractivity contribution in [1.82, 2.24) is 0 Å². The summed E-state index contributed by atoms with van der Waals surface area (Å²) in [7, 11) is 0. The molecule has 0 bridgehead atoms. The van der Waals surface area contributed by atoms with Crippen molar-refractivity contribution in [3.8, 4) is 6.07 Å². The van der Waals surface area contributed by atoms with E-state index in [1.54, 1.807) is 11.3 Å². The molecule has 0 amide bonds. The van der Waals surface area contributed by atoms with E-state index in [0.717, 1.165) is 5.56 Å². The first-order valence-corrected chi connectivity index (χ1v) is 5.19. The summed E-state index contributed by atoms with van der Waals surface area (Å²) in [6.45, 7) is 4.35. The van der Waals surface area contributed by atoms with E-state index in [0.29, 0.717) is 5.92 Å². The summed E-state index contributed by atoms with van der Waals surface area (Å²) in [5.41, 5.74) is 6.93. The molecule has 0 aromatic carbocycles. The van der Waals surface area contributed by atoms with Crippen molar-refractivity contribution in [2.45, 2.75) is 25.8 Å². The van der Waals surface area contributed by atoms with Gasteiger partial charge in [0, 0.05) is 22.2 Å². The summed E-state index contributed by atoms with van der Waals surface area (Å²) < 4.78 is 0. The molecule has 68 valence electrons. The van der Waals surface area contributed by atoms with Crippen LogP contribution in [0.25, 0.3) is 0 Å². The Morgan fingerprint density at radius 2 is 2.23 bits per heavy atom. The van der Waals surface area contributed by atoms with Gasteiger partial charge in [-0.05, 0) is 11.5 Å². The molecule has 1 aromatic heterocycles. The maximum Gasteiger partial charge on any atom is 0.100 e. The number of hydrogen-bond donors (Lipinski definition) is 1. The van der Waals surface area contributed by atoms with Gasteiger partial charge >= 0.3 is 0 Å². The van der Waals surface area contributed by atoms with Crippen molar-refractivity contribution in [2.75, 3.05) is 0 Å². The second-order valence-electron chi connectivity index (χ2n) is 4.17. The number of nitriles is 1. The van der Waals surface area contributed by atoms with E-state index in [9.17, 15) is 0 Å². The third-order valence-corrected chi connectivity index (χ3v) is 3.98. The van der Waals surface area contributed by atoms with Crippen LogP contribution in [0.15, 0.2) is 11.4 Å². The van der Waals surface area contributed by atoms with E-state index in [-0.39, 0.29) is 11.5 Å². The van der Waals surface area contributed by atoms with Crippen LogP contribution in [0.4, 0.5) is 0 Å². The van der Waals surface area contributed by atoms with Gasteiger partial charge in [0.05, 0.1) is 5.56 Å². The van der Waals surface area contributed by atoms with E-state index in [1.807, 2.05) is 11.4 Å².